The number of ether oxygens (including phenoxy) is 1. The van der Waals surface area contributed by atoms with Gasteiger partial charge in [-0.2, -0.15) is 0 Å². The molecule has 0 fully saturated rings. The van der Waals surface area contributed by atoms with Crippen molar-refractivity contribution in [2.45, 2.75) is 19.9 Å². The van der Waals surface area contributed by atoms with Gasteiger partial charge in [-0.25, -0.2) is 9.37 Å². The monoisotopic (exact) mass is 249 g/mol. The Morgan fingerprint density at radius 3 is 3.00 bits per heavy atom. The van der Waals surface area contributed by atoms with Gasteiger partial charge in [-0.3, -0.25) is 0 Å². The lowest BCUT2D eigenvalue weighted by molar-refractivity contribution is 0.413. The molecule has 0 spiro atoms. The standard InChI is InChI=1S/C13H16FN3O/c1-3-7-17-8-6-15-13(17)16-11-5-4-10(14)9-12(11)18-2/h4-6,8-9H,3,7H2,1-2H3,(H,15,16). The van der Waals surface area contributed by atoms with Crippen LogP contribution in [0.3, 0.4) is 0 Å². The van der Waals surface area contributed by atoms with Crippen molar-refractivity contribution < 1.29 is 9.13 Å². The van der Waals surface area contributed by atoms with Crippen molar-refractivity contribution in [3.8, 4) is 5.75 Å². The lowest BCUT2D eigenvalue weighted by Crippen LogP contribution is -2.04. The number of methoxy groups -OCH3 is 1. The number of nitrogens with zero attached hydrogens (tertiary/aromatic N) is 2. The maximum atomic E-state index is 13.1. The minimum absolute atomic E-state index is 0.325. The van der Waals surface area contributed by atoms with Gasteiger partial charge >= 0.3 is 0 Å². The number of hydrogen-bond donors (Lipinski definition) is 1. The second-order valence-corrected chi connectivity index (χ2v) is 3.91. The molecule has 18 heavy (non-hydrogen) atoms. The van der Waals surface area contributed by atoms with Crippen LogP contribution in [-0.4, -0.2) is 16.7 Å². The van der Waals surface area contributed by atoms with Gasteiger partial charge in [0, 0.05) is 25.0 Å². The van der Waals surface area contributed by atoms with Crippen LogP contribution in [0.5, 0.6) is 5.75 Å². The van der Waals surface area contributed by atoms with Gasteiger partial charge in [-0.05, 0) is 18.6 Å². The Morgan fingerprint density at radius 2 is 2.28 bits per heavy atom. The summed E-state index contributed by atoms with van der Waals surface area (Å²) in [6, 6.07) is 4.37. The molecule has 0 amide bonds. The summed E-state index contributed by atoms with van der Waals surface area (Å²) in [4.78, 5) is 4.23. The largest absolute Gasteiger partial charge is 0.494 e. The van der Waals surface area contributed by atoms with Crippen LogP contribution in [0.25, 0.3) is 0 Å². The number of halogens is 1. The maximum absolute atomic E-state index is 13.1. The molecule has 1 aromatic carbocycles. The van der Waals surface area contributed by atoms with Crippen LogP contribution in [0.1, 0.15) is 13.3 Å². The minimum atomic E-state index is -0.325. The summed E-state index contributed by atoms with van der Waals surface area (Å²) in [7, 11) is 1.51. The first kappa shape index (κ1) is 12.4. The van der Waals surface area contributed by atoms with Crippen molar-refractivity contribution in [1.82, 2.24) is 9.55 Å². The summed E-state index contributed by atoms with van der Waals surface area (Å²) in [5.41, 5.74) is 0.697. The molecule has 0 aliphatic carbocycles. The van der Waals surface area contributed by atoms with E-state index in [0.29, 0.717) is 11.4 Å². The van der Waals surface area contributed by atoms with E-state index >= 15 is 0 Å². The molecule has 0 bridgehead atoms. The first-order valence-electron chi connectivity index (χ1n) is 5.86. The molecule has 0 radical (unpaired) electrons. The fourth-order valence-corrected chi connectivity index (χ4v) is 1.74. The normalized spacial score (nSPS) is 10.4. The molecule has 0 unspecified atom stereocenters. The molecule has 96 valence electrons. The molecule has 4 nitrogen and oxygen atoms in total. The van der Waals surface area contributed by atoms with Gasteiger partial charge < -0.3 is 14.6 Å². The zero-order valence-corrected chi connectivity index (χ0v) is 10.5. The van der Waals surface area contributed by atoms with E-state index in [2.05, 4.69) is 17.2 Å². The molecular weight excluding hydrogens is 233 g/mol. The maximum Gasteiger partial charge on any atom is 0.207 e. The molecule has 1 N–H and O–H groups in total. The molecule has 1 aromatic heterocycles. The van der Waals surface area contributed by atoms with Gasteiger partial charge in [0.05, 0.1) is 12.8 Å². The molecule has 0 saturated carbocycles. The van der Waals surface area contributed by atoms with E-state index in [1.807, 2.05) is 10.8 Å². The van der Waals surface area contributed by atoms with E-state index in [1.165, 1.54) is 19.2 Å². The highest BCUT2D eigenvalue weighted by atomic mass is 19.1. The van der Waals surface area contributed by atoms with Gasteiger partial charge in [0.2, 0.25) is 5.95 Å². The summed E-state index contributed by atoms with van der Waals surface area (Å²) < 4.78 is 20.2. The van der Waals surface area contributed by atoms with E-state index in [9.17, 15) is 4.39 Å². The Kier molecular flexibility index (Phi) is 3.82. The lowest BCUT2D eigenvalue weighted by atomic mass is 10.3. The Hall–Kier alpha value is -2.04. The number of anilines is 2. The van der Waals surface area contributed by atoms with Crippen LogP contribution in [0.4, 0.5) is 16.0 Å². The second-order valence-electron chi connectivity index (χ2n) is 3.91. The summed E-state index contributed by atoms with van der Waals surface area (Å²) >= 11 is 0. The summed E-state index contributed by atoms with van der Waals surface area (Å²) in [6.45, 7) is 2.98. The summed E-state index contributed by atoms with van der Waals surface area (Å²) in [5.74, 6) is 0.858. The number of nitrogens with one attached hydrogen (secondary N) is 1. The quantitative estimate of drug-likeness (QED) is 0.884. The molecule has 0 aliphatic heterocycles. The van der Waals surface area contributed by atoms with Gasteiger partial charge in [0.1, 0.15) is 11.6 Å². The van der Waals surface area contributed by atoms with Crippen molar-refractivity contribution >= 4 is 11.6 Å². The molecule has 5 heteroatoms. The Labute approximate surface area is 105 Å². The van der Waals surface area contributed by atoms with Gasteiger partial charge in [-0.1, -0.05) is 6.92 Å². The topological polar surface area (TPSA) is 39.1 Å². The molecule has 1 heterocycles. The third kappa shape index (κ3) is 2.61. The highest BCUT2D eigenvalue weighted by molar-refractivity contribution is 5.62. The molecular formula is C13H16FN3O. The third-order valence-electron chi connectivity index (χ3n) is 2.59. The van der Waals surface area contributed by atoms with Gasteiger partial charge in [0.15, 0.2) is 0 Å². The SMILES string of the molecule is CCCn1ccnc1Nc1ccc(F)cc1OC. The first-order chi connectivity index (χ1) is 8.74. The Morgan fingerprint density at radius 1 is 1.44 bits per heavy atom. The highest BCUT2D eigenvalue weighted by Crippen LogP contribution is 2.27. The van der Waals surface area contributed by atoms with Crippen LogP contribution in [0.2, 0.25) is 0 Å². The number of imidazole rings is 1. The lowest BCUT2D eigenvalue weighted by Gasteiger charge is -2.12. The van der Waals surface area contributed by atoms with E-state index in [4.69, 9.17) is 4.74 Å². The van der Waals surface area contributed by atoms with Crippen LogP contribution in [-0.2, 0) is 6.54 Å². The molecule has 0 aliphatic rings. The number of aromatic nitrogens is 2. The number of hydrogen-bond acceptors (Lipinski definition) is 3. The Balaban J connectivity index is 2.25. The summed E-state index contributed by atoms with van der Waals surface area (Å²) in [6.07, 6.45) is 4.65. The molecule has 2 aromatic rings. The minimum Gasteiger partial charge on any atom is -0.494 e. The van der Waals surface area contributed by atoms with E-state index < -0.39 is 0 Å². The van der Waals surface area contributed by atoms with Crippen LogP contribution in [0, 0.1) is 5.82 Å². The van der Waals surface area contributed by atoms with E-state index in [1.54, 1.807) is 12.3 Å². The number of rotatable bonds is 5. The van der Waals surface area contributed by atoms with Crippen molar-refractivity contribution in [2.75, 3.05) is 12.4 Å². The van der Waals surface area contributed by atoms with Crippen LogP contribution < -0.4 is 10.1 Å². The average Bonchev–Trinajstić information content (AvgIpc) is 2.79. The zero-order valence-electron chi connectivity index (χ0n) is 10.5. The molecule has 2 rings (SSSR count). The molecule has 0 saturated heterocycles. The number of aryl methyl sites for hydroxylation is 1. The first-order valence-corrected chi connectivity index (χ1v) is 5.86. The van der Waals surface area contributed by atoms with E-state index in [0.717, 1.165) is 18.9 Å². The predicted molar refractivity (Wildman–Crippen MR) is 68.8 cm³/mol. The third-order valence-corrected chi connectivity index (χ3v) is 2.59. The fourth-order valence-electron chi connectivity index (χ4n) is 1.74. The van der Waals surface area contributed by atoms with Crippen LogP contribution >= 0.6 is 0 Å². The van der Waals surface area contributed by atoms with Crippen molar-refractivity contribution in [1.29, 1.82) is 0 Å². The smallest absolute Gasteiger partial charge is 0.207 e. The van der Waals surface area contributed by atoms with Crippen molar-refractivity contribution in [3.05, 3.63) is 36.4 Å². The highest BCUT2D eigenvalue weighted by Gasteiger charge is 2.08. The van der Waals surface area contributed by atoms with E-state index in [-0.39, 0.29) is 5.82 Å². The molecule has 0 atom stereocenters. The average molecular weight is 249 g/mol. The second kappa shape index (κ2) is 5.53. The van der Waals surface area contributed by atoms with Gasteiger partial charge in [-0.15, -0.1) is 0 Å². The number of benzene rings is 1. The van der Waals surface area contributed by atoms with Crippen molar-refractivity contribution in [2.24, 2.45) is 0 Å². The van der Waals surface area contributed by atoms with Gasteiger partial charge in [0.25, 0.3) is 0 Å². The van der Waals surface area contributed by atoms with Crippen molar-refractivity contribution in [3.63, 3.8) is 0 Å². The van der Waals surface area contributed by atoms with Crippen LogP contribution in [0.15, 0.2) is 30.6 Å². The summed E-state index contributed by atoms with van der Waals surface area (Å²) in [5, 5.41) is 3.14. The predicted octanol–water partition coefficient (Wildman–Crippen LogP) is 3.18. The zero-order chi connectivity index (χ0) is 13.0. The Bertz CT molecular complexity index is 525. The fraction of sp³-hybridized carbons (Fsp3) is 0.308.